The van der Waals surface area contributed by atoms with Gasteiger partial charge in [0.15, 0.2) is 0 Å². The van der Waals surface area contributed by atoms with E-state index in [4.69, 9.17) is 16.3 Å². The summed E-state index contributed by atoms with van der Waals surface area (Å²) >= 11 is 9.45. The minimum Gasteiger partial charge on any atom is -0.444 e. The average Bonchev–Trinajstić information content (AvgIpc) is 2.19. The largest absolute Gasteiger partial charge is 0.444 e. The number of anilines is 1. The van der Waals surface area contributed by atoms with Crippen molar-refractivity contribution < 1.29 is 9.53 Å². The van der Waals surface area contributed by atoms with E-state index >= 15 is 0 Å². The Labute approximate surface area is 120 Å². The van der Waals surface area contributed by atoms with E-state index in [1.165, 1.54) is 0 Å². The third-order valence-corrected chi connectivity index (χ3v) is 3.24. The number of aromatic nitrogens is 1. The predicted molar refractivity (Wildman–Crippen MR) is 76.3 cm³/mol. The lowest BCUT2D eigenvalue weighted by Crippen LogP contribution is -2.27. The minimum atomic E-state index is -0.560. The highest BCUT2D eigenvalue weighted by atomic mass is 79.9. The quantitative estimate of drug-likeness (QED) is 0.771. The SMILES string of the molecule is Cc1nc(Br)c(NC(=O)OC(C)(C)C)c(Cl)c1C. The van der Waals surface area contributed by atoms with Crippen molar-refractivity contribution in [1.82, 2.24) is 4.98 Å². The van der Waals surface area contributed by atoms with E-state index < -0.39 is 11.7 Å². The molecule has 1 aromatic heterocycles. The fourth-order valence-electron chi connectivity index (χ4n) is 1.24. The second kappa shape index (κ2) is 5.45. The van der Waals surface area contributed by atoms with Crippen LogP contribution in [0.25, 0.3) is 0 Å². The highest BCUT2D eigenvalue weighted by Crippen LogP contribution is 2.33. The van der Waals surface area contributed by atoms with Gasteiger partial charge in [-0.3, -0.25) is 5.32 Å². The molecule has 1 aromatic rings. The number of halogens is 2. The minimum absolute atomic E-state index is 0.425. The number of carbonyl (C=O) groups excluding carboxylic acids is 1. The molecular weight excluding hydrogens is 320 g/mol. The van der Waals surface area contributed by atoms with Gasteiger partial charge < -0.3 is 4.74 Å². The number of hydrogen-bond acceptors (Lipinski definition) is 3. The molecule has 1 heterocycles. The summed E-state index contributed by atoms with van der Waals surface area (Å²) in [6.45, 7) is 9.08. The molecular formula is C12H16BrClN2O2. The number of carbonyl (C=O) groups is 1. The van der Waals surface area contributed by atoms with Crippen molar-refractivity contribution in [3.05, 3.63) is 20.9 Å². The van der Waals surface area contributed by atoms with Crippen LogP contribution in [0.2, 0.25) is 5.02 Å². The van der Waals surface area contributed by atoms with Crippen LogP contribution in [0.1, 0.15) is 32.0 Å². The molecule has 1 N–H and O–H groups in total. The Morgan fingerprint density at radius 3 is 2.44 bits per heavy atom. The van der Waals surface area contributed by atoms with Gasteiger partial charge in [0.25, 0.3) is 0 Å². The Morgan fingerprint density at radius 2 is 1.94 bits per heavy atom. The molecule has 18 heavy (non-hydrogen) atoms. The Hall–Kier alpha value is -0.810. The number of hydrogen-bond donors (Lipinski definition) is 1. The highest BCUT2D eigenvalue weighted by Gasteiger charge is 2.20. The highest BCUT2D eigenvalue weighted by molar-refractivity contribution is 9.10. The number of aryl methyl sites for hydroxylation is 1. The first-order chi connectivity index (χ1) is 8.11. The molecule has 0 saturated heterocycles. The fourth-order valence-corrected chi connectivity index (χ4v) is 2.19. The van der Waals surface area contributed by atoms with Crippen molar-refractivity contribution in [2.75, 3.05) is 5.32 Å². The molecule has 0 aliphatic heterocycles. The van der Waals surface area contributed by atoms with Crippen LogP contribution in [0.15, 0.2) is 4.60 Å². The van der Waals surface area contributed by atoms with E-state index in [0.29, 0.717) is 15.3 Å². The molecule has 4 nitrogen and oxygen atoms in total. The topological polar surface area (TPSA) is 51.2 Å². The van der Waals surface area contributed by atoms with Crippen molar-refractivity contribution in [3.8, 4) is 0 Å². The van der Waals surface area contributed by atoms with Gasteiger partial charge in [-0.1, -0.05) is 11.6 Å². The molecule has 100 valence electrons. The zero-order valence-corrected chi connectivity index (χ0v) is 13.4. The summed E-state index contributed by atoms with van der Waals surface area (Å²) in [6, 6.07) is 0. The van der Waals surface area contributed by atoms with Crippen molar-refractivity contribution >= 4 is 39.3 Å². The Bertz CT molecular complexity index is 484. The number of nitrogens with zero attached hydrogens (tertiary/aromatic N) is 1. The van der Waals surface area contributed by atoms with Crippen LogP contribution in [0, 0.1) is 13.8 Å². The van der Waals surface area contributed by atoms with Gasteiger partial charge in [-0.25, -0.2) is 9.78 Å². The normalized spacial score (nSPS) is 11.3. The molecule has 0 fully saturated rings. The van der Waals surface area contributed by atoms with Crippen molar-refractivity contribution in [2.45, 2.75) is 40.2 Å². The zero-order chi connectivity index (χ0) is 14.1. The van der Waals surface area contributed by atoms with E-state index in [0.717, 1.165) is 11.3 Å². The Balaban J connectivity index is 2.99. The van der Waals surface area contributed by atoms with Crippen LogP contribution in [-0.2, 0) is 4.74 Å². The zero-order valence-electron chi connectivity index (χ0n) is 11.0. The molecule has 0 aliphatic carbocycles. The lowest BCUT2D eigenvalue weighted by molar-refractivity contribution is 0.0636. The van der Waals surface area contributed by atoms with Crippen molar-refractivity contribution in [2.24, 2.45) is 0 Å². The average molecular weight is 336 g/mol. The van der Waals surface area contributed by atoms with E-state index in [1.54, 1.807) is 20.8 Å². The second-order valence-electron chi connectivity index (χ2n) is 4.93. The number of nitrogens with one attached hydrogen (secondary N) is 1. The van der Waals surface area contributed by atoms with Crippen LogP contribution in [-0.4, -0.2) is 16.7 Å². The van der Waals surface area contributed by atoms with Gasteiger partial charge in [0.2, 0.25) is 0 Å². The molecule has 0 unspecified atom stereocenters. The van der Waals surface area contributed by atoms with Gasteiger partial charge >= 0.3 is 6.09 Å². The summed E-state index contributed by atoms with van der Waals surface area (Å²) in [6.07, 6.45) is -0.560. The summed E-state index contributed by atoms with van der Waals surface area (Å²) in [5.41, 5.74) is 1.50. The summed E-state index contributed by atoms with van der Waals surface area (Å²) < 4.78 is 5.65. The maximum Gasteiger partial charge on any atom is 0.412 e. The van der Waals surface area contributed by atoms with Crippen LogP contribution in [0.5, 0.6) is 0 Å². The Kier molecular flexibility index (Phi) is 4.61. The summed E-state index contributed by atoms with van der Waals surface area (Å²) in [5, 5.41) is 3.06. The number of ether oxygens (including phenoxy) is 1. The maximum absolute atomic E-state index is 11.7. The molecule has 0 aromatic carbocycles. The van der Waals surface area contributed by atoms with Gasteiger partial charge in [-0.2, -0.15) is 0 Å². The van der Waals surface area contributed by atoms with Gasteiger partial charge in [0.05, 0.1) is 10.7 Å². The summed E-state index contributed by atoms with van der Waals surface area (Å²) in [5.74, 6) is 0. The lowest BCUT2D eigenvalue weighted by atomic mass is 10.2. The van der Waals surface area contributed by atoms with E-state index in [-0.39, 0.29) is 0 Å². The van der Waals surface area contributed by atoms with Crippen LogP contribution >= 0.6 is 27.5 Å². The summed E-state index contributed by atoms with van der Waals surface area (Å²) in [4.78, 5) is 15.9. The smallest absolute Gasteiger partial charge is 0.412 e. The maximum atomic E-state index is 11.7. The first kappa shape index (κ1) is 15.2. The second-order valence-corrected chi connectivity index (χ2v) is 6.06. The monoisotopic (exact) mass is 334 g/mol. The molecule has 1 amide bonds. The number of pyridine rings is 1. The third kappa shape index (κ3) is 3.85. The summed E-state index contributed by atoms with van der Waals surface area (Å²) in [7, 11) is 0. The molecule has 1 rings (SSSR count). The first-order valence-electron chi connectivity index (χ1n) is 5.44. The van der Waals surface area contributed by atoms with Gasteiger partial charge in [-0.05, 0) is 56.1 Å². The van der Waals surface area contributed by atoms with Gasteiger partial charge in [0, 0.05) is 5.69 Å². The first-order valence-corrected chi connectivity index (χ1v) is 6.61. The standard InChI is InChI=1S/C12H16BrClN2O2/c1-6-7(2)15-10(13)9(8(6)14)16-11(17)18-12(3,4)5/h1-5H3,(H,16,17). The predicted octanol–water partition coefficient (Wildman–Crippen LogP) is 4.46. The fraction of sp³-hybridized carbons (Fsp3) is 0.500. The van der Waals surface area contributed by atoms with Crippen LogP contribution in [0.3, 0.4) is 0 Å². The molecule has 0 aliphatic rings. The molecule has 0 saturated carbocycles. The van der Waals surface area contributed by atoms with Gasteiger partial charge in [0.1, 0.15) is 10.2 Å². The lowest BCUT2D eigenvalue weighted by Gasteiger charge is -2.20. The molecule has 0 spiro atoms. The van der Waals surface area contributed by atoms with E-state index in [2.05, 4.69) is 26.2 Å². The molecule has 0 radical (unpaired) electrons. The molecule has 0 atom stereocenters. The number of rotatable bonds is 1. The molecule has 6 heteroatoms. The van der Waals surface area contributed by atoms with Crippen LogP contribution in [0.4, 0.5) is 10.5 Å². The van der Waals surface area contributed by atoms with E-state index in [1.807, 2.05) is 13.8 Å². The van der Waals surface area contributed by atoms with E-state index in [9.17, 15) is 4.79 Å². The van der Waals surface area contributed by atoms with Crippen molar-refractivity contribution in [3.63, 3.8) is 0 Å². The number of amides is 1. The third-order valence-electron chi connectivity index (χ3n) is 2.19. The molecule has 0 bridgehead atoms. The van der Waals surface area contributed by atoms with Gasteiger partial charge in [-0.15, -0.1) is 0 Å². The Morgan fingerprint density at radius 1 is 1.39 bits per heavy atom. The van der Waals surface area contributed by atoms with Crippen molar-refractivity contribution in [1.29, 1.82) is 0 Å². The van der Waals surface area contributed by atoms with Crippen LogP contribution < -0.4 is 5.32 Å².